The van der Waals surface area contributed by atoms with Crippen LogP contribution >= 0.6 is 11.8 Å². The van der Waals surface area contributed by atoms with Gasteiger partial charge in [-0.2, -0.15) is 11.8 Å². The van der Waals surface area contributed by atoms with Crippen LogP contribution in [-0.2, 0) is 0 Å². The van der Waals surface area contributed by atoms with Gasteiger partial charge >= 0.3 is 51.4 Å². The molecule has 0 N–H and O–H groups in total. The molecule has 0 spiro atoms. The van der Waals surface area contributed by atoms with Crippen LogP contribution in [0.2, 0.25) is 0 Å². The Morgan fingerprint density at radius 3 is 1.75 bits per heavy atom. The molecule has 2 heteroatoms. The molecule has 0 heterocycles. The van der Waals surface area contributed by atoms with Gasteiger partial charge in [0.1, 0.15) is 0 Å². The molecule has 0 saturated carbocycles. The topological polar surface area (TPSA) is 0 Å². The maximum atomic E-state index is 3.58. The predicted molar refractivity (Wildman–Crippen MR) is 44.9 cm³/mol. The van der Waals surface area contributed by atoms with Crippen molar-refractivity contribution in [1.29, 1.82) is 0 Å². The van der Waals surface area contributed by atoms with E-state index in [0.29, 0.717) is 0 Å². The quantitative estimate of drug-likeness (QED) is 0.335. The van der Waals surface area contributed by atoms with Gasteiger partial charge in [0.15, 0.2) is 0 Å². The number of thioether (sulfide) groups is 1. The molecule has 0 aromatic rings. The molecule has 0 nitrogen and oxygen atoms in total. The molecule has 0 radical (unpaired) electrons. The summed E-state index contributed by atoms with van der Waals surface area (Å²) >= 11 is 1.82. The Bertz CT molecular complexity index is 53.5. The first-order valence-corrected chi connectivity index (χ1v) is 3.37. The summed E-state index contributed by atoms with van der Waals surface area (Å²) in [6.07, 6.45) is 3.79. The van der Waals surface area contributed by atoms with Crippen molar-refractivity contribution >= 4 is 63.1 Å². The van der Waals surface area contributed by atoms with Crippen molar-refractivity contribution in [1.82, 2.24) is 0 Å². The van der Waals surface area contributed by atoms with Crippen LogP contribution in [0, 0.1) is 0 Å². The van der Waals surface area contributed by atoms with Gasteiger partial charge < -0.3 is 0 Å². The summed E-state index contributed by atoms with van der Waals surface area (Å²) in [5, 5.41) is 0. The van der Waals surface area contributed by atoms with E-state index in [4.69, 9.17) is 0 Å². The molecule has 0 fully saturated rings. The Labute approximate surface area is 98.2 Å². The molecule has 0 aliphatic rings. The van der Waals surface area contributed by atoms with Gasteiger partial charge in [-0.1, -0.05) is 12.2 Å². The van der Waals surface area contributed by atoms with Crippen LogP contribution in [0.1, 0.15) is 0 Å². The van der Waals surface area contributed by atoms with Crippen LogP contribution in [0.15, 0.2) is 25.3 Å². The second-order valence-electron chi connectivity index (χ2n) is 1.11. The standard InChI is InChI=1S/C6H10S.K.H/c1-3-5-7-6-4-2;;/h3-4H,1-2,5-6H2;;. The summed E-state index contributed by atoms with van der Waals surface area (Å²) in [4.78, 5) is 0. The van der Waals surface area contributed by atoms with Gasteiger partial charge in [-0.15, -0.1) is 13.2 Å². The van der Waals surface area contributed by atoms with E-state index in [1.165, 1.54) is 0 Å². The zero-order valence-electron chi connectivity index (χ0n) is 4.39. The summed E-state index contributed by atoms with van der Waals surface area (Å²) in [6, 6.07) is 0. The van der Waals surface area contributed by atoms with Crippen molar-refractivity contribution < 1.29 is 0 Å². The molecule has 0 amide bonds. The van der Waals surface area contributed by atoms with Gasteiger partial charge in [0.25, 0.3) is 0 Å². The molecule has 0 rings (SSSR count). The molecule has 0 bridgehead atoms. The van der Waals surface area contributed by atoms with Crippen LogP contribution in [0.3, 0.4) is 0 Å². The third-order valence-corrected chi connectivity index (χ3v) is 1.41. The molecule has 0 saturated heterocycles. The number of rotatable bonds is 4. The van der Waals surface area contributed by atoms with Gasteiger partial charge in [-0.05, 0) is 0 Å². The average molecular weight is 154 g/mol. The Hall–Kier alpha value is 1.47. The second-order valence-corrected chi connectivity index (χ2v) is 2.19. The summed E-state index contributed by atoms with van der Waals surface area (Å²) in [6.45, 7) is 7.15. The van der Waals surface area contributed by atoms with E-state index >= 15 is 0 Å². The predicted octanol–water partition coefficient (Wildman–Crippen LogP) is 1.44. The van der Waals surface area contributed by atoms with Crippen molar-refractivity contribution in [2.24, 2.45) is 0 Å². The second kappa shape index (κ2) is 11.3. The van der Waals surface area contributed by atoms with Gasteiger partial charge in [-0.25, -0.2) is 0 Å². The van der Waals surface area contributed by atoms with Crippen LogP contribution < -0.4 is 0 Å². The van der Waals surface area contributed by atoms with Crippen molar-refractivity contribution in [3.05, 3.63) is 25.3 Å². The van der Waals surface area contributed by atoms with E-state index < -0.39 is 0 Å². The number of hydrogen-bond donors (Lipinski definition) is 0. The molecular weight excluding hydrogens is 143 g/mol. The minimum atomic E-state index is 0. The van der Waals surface area contributed by atoms with E-state index in [1.807, 2.05) is 23.9 Å². The maximum absolute atomic E-state index is 3.58. The van der Waals surface area contributed by atoms with Crippen LogP contribution in [0.5, 0.6) is 0 Å². The average Bonchev–Trinajstić information content (AvgIpc) is 1.69. The Balaban J connectivity index is 0. The van der Waals surface area contributed by atoms with Crippen LogP contribution in [0.25, 0.3) is 0 Å². The van der Waals surface area contributed by atoms with E-state index in [9.17, 15) is 0 Å². The monoisotopic (exact) mass is 154 g/mol. The first-order chi connectivity index (χ1) is 3.41. The fourth-order valence-electron chi connectivity index (χ4n) is 0.235. The zero-order valence-corrected chi connectivity index (χ0v) is 5.21. The molecular formula is C6H11KS. The SMILES string of the molecule is C=CCSCC=C.[KH]. The Morgan fingerprint density at radius 2 is 1.50 bits per heavy atom. The summed E-state index contributed by atoms with van der Waals surface area (Å²) in [7, 11) is 0. The number of hydrogen-bond acceptors (Lipinski definition) is 1. The summed E-state index contributed by atoms with van der Waals surface area (Å²) in [5.74, 6) is 2.07. The summed E-state index contributed by atoms with van der Waals surface area (Å²) in [5.41, 5.74) is 0. The minimum absolute atomic E-state index is 0. The van der Waals surface area contributed by atoms with Crippen molar-refractivity contribution in [2.75, 3.05) is 11.5 Å². The third kappa shape index (κ3) is 10.4. The molecule has 0 aromatic carbocycles. The molecule has 42 valence electrons. The molecule has 0 aliphatic carbocycles. The van der Waals surface area contributed by atoms with Crippen molar-refractivity contribution in [2.45, 2.75) is 0 Å². The molecule has 0 aliphatic heterocycles. The zero-order chi connectivity index (χ0) is 5.54. The first-order valence-electron chi connectivity index (χ1n) is 2.21. The van der Waals surface area contributed by atoms with Crippen LogP contribution in [0.4, 0.5) is 0 Å². The molecule has 0 unspecified atom stereocenters. The first kappa shape index (κ1) is 12.2. The van der Waals surface area contributed by atoms with Crippen LogP contribution in [-0.4, -0.2) is 62.9 Å². The van der Waals surface area contributed by atoms with Gasteiger partial charge in [0, 0.05) is 11.5 Å². The normalized spacial score (nSPS) is 7.00. The van der Waals surface area contributed by atoms with E-state index in [0.717, 1.165) is 11.5 Å². The van der Waals surface area contributed by atoms with E-state index in [2.05, 4.69) is 13.2 Å². The molecule has 8 heavy (non-hydrogen) atoms. The van der Waals surface area contributed by atoms with Crippen molar-refractivity contribution in [3.8, 4) is 0 Å². The van der Waals surface area contributed by atoms with Crippen molar-refractivity contribution in [3.63, 3.8) is 0 Å². The molecule has 0 aromatic heterocycles. The fourth-order valence-corrected chi connectivity index (χ4v) is 0.704. The Kier molecular flexibility index (Phi) is 17.2. The third-order valence-electron chi connectivity index (χ3n) is 0.471. The van der Waals surface area contributed by atoms with Gasteiger partial charge in [0.2, 0.25) is 0 Å². The van der Waals surface area contributed by atoms with E-state index in [-0.39, 0.29) is 51.4 Å². The van der Waals surface area contributed by atoms with Gasteiger partial charge in [-0.3, -0.25) is 0 Å². The fraction of sp³-hybridized carbons (Fsp3) is 0.333. The molecule has 0 atom stereocenters. The van der Waals surface area contributed by atoms with E-state index in [1.54, 1.807) is 0 Å². The summed E-state index contributed by atoms with van der Waals surface area (Å²) < 4.78 is 0. The Morgan fingerprint density at radius 1 is 1.12 bits per heavy atom. The van der Waals surface area contributed by atoms with Gasteiger partial charge in [0.05, 0.1) is 0 Å².